The number of anilines is 2. The summed E-state index contributed by atoms with van der Waals surface area (Å²) in [7, 11) is 0. The smallest absolute Gasteiger partial charge is 0.265 e. The highest BCUT2D eigenvalue weighted by Crippen LogP contribution is 2.24. The van der Waals surface area contributed by atoms with Crippen LogP contribution in [0.3, 0.4) is 0 Å². The maximum atomic E-state index is 13.0. The number of nitrogens with zero attached hydrogens (tertiary/aromatic N) is 3. The third kappa shape index (κ3) is 5.22. The van der Waals surface area contributed by atoms with Crippen LogP contribution in [0.4, 0.5) is 11.4 Å². The highest BCUT2D eigenvalue weighted by Gasteiger charge is 2.22. The van der Waals surface area contributed by atoms with Gasteiger partial charge in [0.05, 0.1) is 12.2 Å². The lowest BCUT2D eigenvalue weighted by atomic mass is 10.2. The molecule has 0 radical (unpaired) electrons. The normalized spacial score (nSPS) is 13.3. The van der Waals surface area contributed by atoms with Crippen LogP contribution in [0, 0.1) is 0 Å². The Morgan fingerprint density at radius 1 is 1.06 bits per heavy atom. The van der Waals surface area contributed by atoms with Crippen molar-refractivity contribution < 1.29 is 14.3 Å². The van der Waals surface area contributed by atoms with Crippen molar-refractivity contribution in [2.24, 2.45) is 0 Å². The summed E-state index contributed by atoms with van der Waals surface area (Å²) in [6.07, 6.45) is 3.16. The molecule has 1 fully saturated rings. The van der Waals surface area contributed by atoms with Gasteiger partial charge in [-0.15, -0.1) is 0 Å². The molecule has 2 heterocycles. The molecule has 1 aliphatic heterocycles. The molecule has 1 saturated heterocycles. The van der Waals surface area contributed by atoms with E-state index < -0.39 is 0 Å². The van der Waals surface area contributed by atoms with Crippen molar-refractivity contribution >= 4 is 34.8 Å². The van der Waals surface area contributed by atoms with Crippen LogP contribution < -0.4 is 14.5 Å². The predicted molar refractivity (Wildman–Crippen MR) is 120 cm³/mol. The maximum absolute atomic E-state index is 13.0. The summed E-state index contributed by atoms with van der Waals surface area (Å²) >= 11 is 6.00. The topological polar surface area (TPSA) is 62.7 Å². The zero-order chi connectivity index (χ0) is 21.6. The molecule has 0 aliphatic carbocycles. The molecule has 3 aromatic rings. The average molecular weight is 436 g/mol. The van der Waals surface area contributed by atoms with Crippen LogP contribution in [0.15, 0.2) is 72.9 Å². The molecule has 6 nitrogen and oxygen atoms in total. The van der Waals surface area contributed by atoms with Gasteiger partial charge in [-0.05, 0) is 67.1 Å². The van der Waals surface area contributed by atoms with Crippen LogP contribution in [-0.4, -0.2) is 29.9 Å². The zero-order valence-corrected chi connectivity index (χ0v) is 17.7. The maximum Gasteiger partial charge on any atom is 0.265 e. The number of benzene rings is 2. The molecular formula is C24H22ClN3O3. The number of aromatic nitrogens is 1. The summed E-state index contributed by atoms with van der Waals surface area (Å²) < 4.78 is 5.74. The third-order valence-electron chi connectivity index (χ3n) is 5.07. The van der Waals surface area contributed by atoms with Gasteiger partial charge in [0.25, 0.3) is 5.91 Å². The van der Waals surface area contributed by atoms with Crippen LogP contribution in [-0.2, 0) is 16.1 Å². The van der Waals surface area contributed by atoms with Gasteiger partial charge in [-0.3, -0.25) is 14.6 Å². The first-order chi connectivity index (χ1) is 15.1. The van der Waals surface area contributed by atoms with Crippen LogP contribution in [0.5, 0.6) is 5.75 Å². The highest BCUT2D eigenvalue weighted by atomic mass is 35.5. The van der Waals surface area contributed by atoms with E-state index in [2.05, 4.69) is 4.98 Å². The van der Waals surface area contributed by atoms with Crippen molar-refractivity contribution in [2.45, 2.75) is 19.4 Å². The van der Waals surface area contributed by atoms with Gasteiger partial charge in [0, 0.05) is 35.6 Å². The molecule has 2 amide bonds. The number of ether oxygens (including phenoxy) is 1. The lowest BCUT2D eigenvalue weighted by Gasteiger charge is -2.23. The SMILES string of the molecule is O=C1CCCN1c1ccc(OCC(=O)N(Cc2ccccn2)c2ccc(Cl)cc2)cc1. The minimum atomic E-state index is -0.202. The van der Waals surface area contributed by atoms with E-state index in [1.807, 2.05) is 30.3 Å². The molecule has 158 valence electrons. The van der Waals surface area contributed by atoms with E-state index >= 15 is 0 Å². The molecular weight excluding hydrogens is 414 g/mol. The van der Waals surface area contributed by atoms with Gasteiger partial charge < -0.3 is 14.5 Å². The summed E-state index contributed by atoms with van der Waals surface area (Å²) in [5, 5.41) is 0.599. The number of pyridine rings is 1. The molecule has 0 bridgehead atoms. The summed E-state index contributed by atoms with van der Waals surface area (Å²) in [6.45, 7) is 0.930. The molecule has 0 saturated carbocycles. The minimum absolute atomic E-state index is 0.128. The van der Waals surface area contributed by atoms with Crippen molar-refractivity contribution in [1.29, 1.82) is 0 Å². The fourth-order valence-corrected chi connectivity index (χ4v) is 3.59. The van der Waals surface area contributed by atoms with Gasteiger partial charge >= 0.3 is 0 Å². The lowest BCUT2D eigenvalue weighted by Crippen LogP contribution is -2.34. The van der Waals surface area contributed by atoms with Gasteiger partial charge in [0.15, 0.2) is 6.61 Å². The first kappa shape index (κ1) is 20.9. The summed E-state index contributed by atoms with van der Waals surface area (Å²) in [6, 6.07) is 19.9. The van der Waals surface area contributed by atoms with Gasteiger partial charge in [0.1, 0.15) is 5.75 Å². The van der Waals surface area contributed by atoms with E-state index in [1.54, 1.807) is 52.4 Å². The number of halogens is 1. The Labute approximate surface area is 186 Å². The number of hydrogen-bond donors (Lipinski definition) is 0. The number of hydrogen-bond acceptors (Lipinski definition) is 4. The minimum Gasteiger partial charge on any atom is -0.484 e. The van der Waals surface area contributed by atoms with Crippen LogP contribution in [0.2, 0.25) is 5.02 Å². The van der Waals surface area contributed by atoms with E-state index in [0.29, 0.717) is 29.4 Å². The summed E-state index contributed by atoms with van der Waals surface area (Å²) in [4.78, 5) is 32.6. The Balaban J connectivity index is 1.44. The Morgan fingerprint density at radius 2 is 1.84 bits per heavy atom. The largest absolute Gasteiger partial charge is 0.484 e. The van der Waals surface area contributed by atoms with Crippen molar-refractivity contribution in [2.75, 3.05) is 23.0 Å². The third-order valence-corrected chi connectivity index (χ3v) is 5.32. The first-order valence-corrected chi connectivity index (χ1v) is 10.5. The van der Waals surface area contributed by atoms with E-state index in [1.165, 1.54) is 0 Å². The molecule has 7 heteroatoms. The molecule has 31 heavy (non-hydrogen) atoms. The zero-order valence-electron chi connectivity index (χ0n) is 16.9. The standard InChI is InChI=1S/C24H22ClN3O3/c25-18-6-8-21(9-7-18)28(16-19-4-1-2-14-26-19)24(30)17-31-22-12-10-20(11-13-22)27-15-3-5-23(27)29/h1-2,4,6-14H,3,5,15-17H2. The van der Waals surface area contributed by atoms with Crippen molar-refractivity contribution in [3.63, 3.8) is 0 Å². The number of amides is 2. The first-order valence-electron chi connectivity index (χ1n) is 10.1. The molecule has 0 atom stereocenters. The molecule has 0 N–H and O–H groups in total. The summed E-state index contributed by atoms with van der Waals surface area (Å²) in [5.41, 5.74) is 2.33. The van der Waals surface area contributed by atoms with Crippen molar-refractivity contribution in [3.8, 4) is 5.75 Å². The number of rotatable bonds is 7. The van der Waals surface area contributed by atoms with Gasteiger partial charge in [-0.1, -0.05) is 17.7 Å². The monoisotopic (exact) mass is 435 g/mol. The van der Waals surface area contributed by atoms with Crippen molar-refractivity contribution in [3.05, 3.63) is 83.6 Å². The highest BCUT2D eigenvalue weighted by molar-refractivity contribution is 6.30. The second kappa shape index (κ2) is 9.62. The van der Waals surface area contributed by atoms with Crippen LogP contribution >= 0.6 is 11.6 Å². The second-order valence-electron chi connectivity index (χ2n) is 7.21. The predicted octanol–water partition coefficient (Wildman–Crippen LogP) is 4.47. The molecule has 4 rings (SSSR count). The van der Waals surface area contributed by atoms with E-state index in [4.69, 9.17) is 16.3 Å². The van der Waals surface area contributed by atoms with Crippen LogP contribution in [0.25, 0.3) is 0 Å². The average Bonchev–Trinajstić information content (AvgIpc) is 3.23. The molecule has 1 aliphatic rings. The second-order valence-corrected chi connectivity index (χ2v) is 7.65. The van der Waals surface area contributed by atoms with Gasteiger partial charge in [0.2, 0.25) is 5.91 Å². The Morgan fingerprint density at radius 3 is 2.48 bits per heavy atom. The Bertz CT molecular complexity index is 1040. The fraction of sp³-hybridized carbons (Fsp3) is 0.208. The number of carbonyl (C=O) groups is 2. The Hall–Kier alpha value is -3.38. The molecule has 0 unspecified atom stereocenters. The lowest BCUT2D eigenvalue weighted by molar-refractivity contribution is -0.120. The fourth-order valence-electron chi connectivity index (χ4n) is 3.46. The Kier molecular flexibility index (Phi) is 6.48. The van der Waals surface area contributed by atoms with E-state index in [-0.39, 0.29) is 18.4 Å². The van der Waals surface area contributed by atoms with E-state index in [9.17, 15) is 9.59 Å². The van der Waals surface area contributed by atoms with Crippen molar-refractivity contribution in [1.82, 2.24) is 4.98 Å². The quantitative estimate of drug-likeness (QED) is 0.549. The molecule has 1 aromatic heterocycles. The molecule has 2 aromatic carbocycles. The summed E-state index contributed by atoms with van der Waals surface area (Å²) in [5.74, 6) is 0.501. The number of carbonyl (C=O) groups excluding carboxylic acids is 2. The van der Waals surface area contributed by atoms with Gasteiger partial charge in [-0.25, -0.2) is 0 Å². The molecule has 0 spiro atoms. The van der Waals surface area contributed by atoms with E-state index in [0.717, 1.165) is 24.3 Å². The van der Waals surface area contributed by atoms with Crippen LogP contribution in [0.1, 0.15) is 18.5 Å². The van der Waals surface area contributed by atoms with Gasteiger partial charge in [-0.2, -0.15) is 0 Å².